The van der Waals surface area contributed by atoms with E-state index in [1.54, 1.807) is 0 Å². The number of nitrogens with zero attached hydrogens (tertiary/aromatic N) is 2. The molecule has 1 N–H and O–H groups in total. The fourth-order valence-electron chi connectivity index (χ4n) is 1.95. The molecule has 1 aromatic rings. The summed E-state index contributed by atoms with van der Waals surface area (Å²) in [6, 6.07) is 2.11. The van der Waals surface area contributed by atoms with Crippen LogP contribution < -0.4 is 5.32 Å². The molecule has 1 aliphatic carbocycles. The molecule has 1 aliphatic rings. The standard InChI is InChI=1S/C14H23N3/c1-3-5-12-10-13(15-8-4-2)17-14(16-12)9-11-6-7-11/h10-11H,3-9H2,1-2H3,(H,15,16,17). The zero-order chi connectivity index (χ0) is 12.1. The zero-order valence-electron chi connectivity index (χ0n) is 11.0. The largest absolute Gasteiger partial charge is 0.370 e. The Balaban J connectivity index is 2.08. The van der Waals surface area contributed by atoms with Crippen molar-refractivity contribution in [1.29, 1.82) is 0 Å². The zero-order valence-corrected chi connectivity index (χ0v) is 11.0. The lowest BCUT2D eigenvalue weighted by Gasteiger charge is -2.08. The number of hydrogen-bond donors (Lipinski definition) is 1. The van der Waals surface area contributed by atoms with Crippen LogP contribution in [0.25, 0.3) is 0 Å². The summed E-state index contributed by atoms with van der Waals surface area (Å²) in [5, 5.41) is 3.38. The molecule has 1 aromatic heterocycles. The summed E-state index contributed by atoms with van der Waals surface area (Å²) in [5.74, 6) is 2.91. The highest BCUT2D eigenvalue weighted by molar-refractivity contribution is 5.36. The van der Waals surface area contributed by atoms with Crippen molar-refractivity contribution in [3.8, 4) is 0 Å². The Morgan fingerprint density at radius 3 is 2.71 bits per heavy atom. The van der Waals surface area contributed by atoms with Crippen molar-refractivity contribution >= 4 is 5.82 Å². The van der Waals surface area contributed by atoms with Crippen molar-refractivity contribution in [1.82, 2.24) is 9.97 Å². The molecule has 0 amide bonds. The third-order valence-electron chi connectivity index (χ3n) is 3.06. The van der Waals surface area contributed by atoms with E-state index < -0.39 is 0 Å². The summed E-state index contributed by atoms with van der Waals surface area (Å²) < 4.78 is 0. The first-order valence-electron chi connectivity index (χ1n) is 6.92. The summed E-state index contributed by atoms with van der Waals surface area (Å²) in [5.41, 5.74) is 1.19. The number of aryl methyl sites for hydroxylation is 1. The molecule has 3 heteroatoms. The molecule has 2 rings (SSSR count). The maximum absolute atomic E-state index is 4.66. The van der Waals surface area contributed by atoms with Crippen LogP contribution >= 0.6 is 0 Å². The van der Waals surface area contributed by atoms with Gasteiger partial charge in [0.1, 0.15) is 11.6 Å². The quantitative estimate of drug-likeness (QED) is 0.786. The number of aromatic nitrogens is 2. The van der Waals surface area contributed by atoms with Crippen LogP contribution in [0.4, 0.5) is 5.82 Å². The highest BCUT2D eigenvalue weighted by atomic mass is 15.0. The van der Waals surface area contributed by atoms with Gasteiger partial charge in [-0.15, -0.1) is 0 Å². The second-order valence-corrected chi connectivity index (χ2v) is 4.99. The molecule has 0 spiro atoms. The van der Waals surface area contributed by atoms with Gasteiger partial charge in [-0.05, 0) is 31.6 Å². The molecule has 0 aliphatic heterocycles. The molecule has 0 unspecified atom stereocenters. The van der Waals surface area contributed by atoms with Crippen LogP contribution in [0, 0.1) is 5.92 Å². The Morgan fingerprint density at radius 1 is 1.24 bits per heavy atom. The minimum Gasteiger partial charge on any atom is -0.370 e. The minimum absolute atomic E-state index is 0.853. The first kappa shape index (κ1) is 12.3. The summed E-state index contributed by atoms with van der Waals surface area (Å²) >= 11 is 0. The highest BCUT2D eigenvalue weighted by Crippen LogP contribution is 2.31. The van der Waals surface area contributed by atoms with Gasteiger partial charge in [-0.25, -0.2) is 9.97 Å². The van der Waals surface area contributed by atoms with Crippen molar-refractivity contribution in [2.45, 2.75) is 52.4 Å². The normalized spacial score (nSPS) is 14.9. The van der Waals surface area contributed by atoms with Crippen LogP contribution in [-0.2, 0) is 12.8 Å². The summed E-state index contributed by atoms with van der Waals surface area (Å²) in [4.78, 5) is 9.27. The number of anilines is 1. The molecule has 94 valence electrons. The van der Waals surface area contributed by atoms with E-state index in [0.29, 0.717) is 0 Å². The maximum Gasteiger partial charge on any atom is 0.131 e. The average molecular weight is 233 g/mol. The van der Waals surface area contributed by atoms with Crippen molar-refractivity contribution in [3.63, 3.8) is 0 Å². The second kappa shape index (κ2) is 5.99. The van der Waals surface area contributed by atoms with E-state index in [2.05, 4.69) is 35.2 Å². The molecule has 0 atom stereocenters. The fraction of sp³-hybridized carbons (Fsp3) is 0.714. The fourth-order valence-corrected chi connectivity index (χ4v) is 1.95. The minimum atomic E-state index is 0.853. The van der Waals surface area contributed by atoms with E-state index in [0.717, 1.165) is 49.8 Å². The van der Waals surface area contributed by atoms with E-state index in [4.69, 9.17) is 0 Å². The van der Waals surface area contributed by atoms with Gasteiger partial charge in [0.2, 0.25) is 0 Å². The van der Waals surface area contributed by atoms with Gasteiger partial charge in [-0.2, -0.15) is 0 Å². The molecular formula is C14H23N3. The van der Waals surface area contributed by atoms with E-state index in [1.807, 2.05) is 0 Å². The monoisotopic (exact) mass is 233 g/mol. The van der Waals surface area contributed by atoms with E-state index in [9.17, 15) is 0 Å². The summed E-state index contributed by atoms with van der Waals surface area (Å²) in [6.45, 7) is 5.36. The van der Waals surface area contributed by atoms with Gasteiger partial charge in [0.25, 0.3) is 0 Å². The van der Waals surface area contributed by atoms with Crippen LogP contribution in [0.15, 0.2) is 6.07 Å². The molecule has 0 bridgehead atoms. The van der Waals surface area contributed by atoms with Crippen molar-refractivity contribution in [2.24, 2.45) is 5.92 Å². The van der Waals surface area contributed by atoms with Gasteiger partial charge >= 0.3 is 0 Å². The van der Waals surface area contributed by atoms with Crippen LogP contribution in [0.1, 0.15) is 51.0 Å². The Labute approximate surface area is 104 Å². The van der Waals surface area contributed by atoms with Crippen LogP contribution in [0.3, 0.4) is 0 Å². The van der Waals surface area contributed by atoms with Crippen LogP contribution in [-0.4, -0.2) is 16.5 Å². The van der Waals surface area contributed by atoms with Gasteiger partial charge < -0.3 is 5.32 Å². The Kier molecular flexibility index (Phi) is 4.35. The van der Waals surface area contributed by atoms with Crippen molar-refractivity contribution in [3.05, 3.63) is 17.6 Å². The number of rotatable bonds is 7. The molecule has 1 heterocycles. The summed E-state index contributed by atoms with van der Waals surface area (Å²) in [6.07, 6.45) is 7.12. The molecular weight excluding hydrogens is 210 g/mol. The molecule has 0 radical (unpaired) electrons. The van der Waals surface area contributed by atoms with Gasteiger partial charge in [0.15, 0.2) is 0 Å². The Morgan fingerprint density at radius 2 is 2.06 bits per heavy atom. The van der Waals surface area contributed by atoms with Gasteiger partial charge in [-0.3, -0.25) is 0 Å². The van der Waals surface area contributed by atoms with E-state index in [1.165, 1.54) is 18.5 Å². The second-order valence-electron chi connectivity index (χ2n) is 4.99. The Bertz CT molecular complexity index is 358. The molecule has 3 nitrogen and oxygen atoms in total. The van der Waals surface area contributed by atoms with Gasteiger partial charge in [0.05, 0.1) is 0 Å². The van der Waals surface area contributed by atoms with Gasteiger partial charge in [-0.1, -0.05) is 20.3 Å². The Hall–Kier alpha value is -1.12. The van der Waals surface area contributed by atoms with E-state index >= 15 is 0 Å². The van der Waals surface area contributed by atoms with Crippen LogP contribution in [0.5, 0.6) is 0 Å². The first-order valence-corrected chi connectivity index (χ1v) is 6.92. The topological polar surface area (TPSA) is 37.8 Å². The molecule has 0 aromatic carbocycles. The maximum atomic E-state index is 4.66. The van der Waals surface area contributed by atoms with Crippen molar-refractivity contribution in [2.75, 3.05) is 11.9 Å². The lowest BCUT2D eigenvalue weighted by Crippen LogP contribution is -2.08. The predicted molar refractivity (Wildman–Crippen MR) is 71.2 cm³/mol. The molecule has 0 saturated heterocycles. The summed E-state index contributed by atoms with van der Waals surface area (Å²) in [7, 11) is 0. The highest BCUT2D eigenvalue weighted by Gasteiger charge is 2.23. The number of hydrogen-bond acceptors (Lipinski definition) is 3. The lowest BCUT2D eigenvalue weighted by atomic mass is 10.2. The molecule has 1 fully saturated rings. The van der Waals surface area contributed by atoms with Crippen LogP contribution in [0.2, 0.25) is 0 Å². The van der Waals surface area contributed by atoms with E-state index in [-0.39, 0.29) is 0 Å². The average Bonchev–Trinajstić information content (AvgIpc) is 3.10. The lowest BCUT2D eigenvalue weighted by molar-refractivity contribution is 0.749. The smallest absolute Gasteiger partial charge is 0.131 e. The third-order valence-corrected chi connectivity index (χ3v) is 3.06. The molecule has 17 heavy (non-hydrogen) atoms. The molecule has 1 saturated carbocycles. The SMILES string of the molecule is CCCNc1cc(CCC)nc(CC2CC2)n1. The third kappa shape index (κ3) is 3.99. The first-order chi connectivity index (χ1) is 8.31. The number of nitrogens with one attached hydrogen (secondary N) is 1. The van der Waals surface area contributed by atoms with Crippen molar-refractivity contribution < 1.29 is 0 Å². The predicted octanol–water partition coefficient (Wildman–Crippen LogP) is 3.20. The van der Waals surface area contributed by atoms with Gasteiger partial charge in [0, 0.05) is 24.7 Å².